The molecule has 4 N–H and O–H groups in total. The van der Waals surface area contributed by atoms with E-state index < -0.39 is 0 Å². The molecule has 0 bridgehead atoms. The molecule has 8 heavy (non-hydrogen) atoms. The summed E-state index contributed by atoms with van der Waals surface area (Å²) in [5.74, 6) is 0.794. The van der Waals surface area contributed by atoms with Crippen molar-refractivity contribution in [3.63, 3.8) is 0 Å². The lowest BCUT2D eigenvalue weighted by atomic mass is 10.8. The molecule has 48 valence electrons. The van der Waals surface area contributed by atoms with Gasteiger partial charge in [-0.1, -0.05) is 6.58 Å². The van der Waals surface area contributed by atoms with Crippen molar-refractivity contribution in [1.29, 1.82) is 0 Å². The summed E-state index contributed by atoms with van der Waals surface area (Å²) >= 11 is 1.39. The van der Waals surface area contributed by atoms with Crippen LogP contribution in [0.4, 0.5) is 0 Å². The van der Waals surface area contributed by atoms with Crippen LogP contribution < -0.4 is 28.4 Å². The van der Waals surface area contributed by atoms with Crippen molar-refractivity contribution >= 4 is 16.5 Å². The topological polar surface area (TPSA) is 52.0 Å². The number of hydrogen-bond donors (Lipinski definition) is 2. The average Bonchev–Trinajstić information content (AvgIpc) is 1.61. The highest BCUT2D eigenvalue weighted by Crippen LogP contribution is 1.59. The Morgan fingerprint density at radius 3 is 2.25 bits per heavy atom. The molecule has 0 aliphatic carbocycles. The van der Waals surface area contributed by atoms with Gasteiger partial charge >= 0.3 is 5.11 Å². The third-order valence-corrected chi connectivity index (χ3v) is 1.10. The molecule has 0 atom stereocenters. The Kier molecular flexibility index (Phi) is 10.0. The summed E-state index contributed by atoms with van der Waals surface area (Å²) in [6.45, 7) is 3.49. The van der Waals surface area contributed by atoms with Crippen LogP contribution in [0.1, 0.15) is 0 Å². The second-order valence-corrected chi connectivity index (χ2v) is 2.10. The van der Waals surface area contributed by atoms with Crippen LogP contribution >= 0.6 is 0 Å². The fourth-order valence-electron chi connectivity index (χ4n) is 0.155. The second-order valence-electron chi connectivity index (χ2n) is 1.00. The summed E-state index contributed by atoms with van der Waals surface area (Å²) in [7, 11) is 0. The standard InChI is InChI=1S/C4H9N2S.BrH/c1-2-3-7-4(5)6;/h2H,1,3,5-6H2;1H/q+1;/p-1. The highest BCUT2D eigenvalue weighted by atomic mass is 79.9. The first kappa shape index (κ1) is 11.1. The normalized spacial score (nSPS) is 6.75. The monoisotopic (exact) mass is 196 g/mol. The van der Waals surface area contributed by atoms with Crippen LogP contribution in [0, 0.1) is 0 Å². The van der Waals surface area contributed by atoms with Crippen molar-refractivity contribution in [2.75, 3.05) is 5.75 Å². The lowest BCUT2D eigenvalue weighted by Gasteiger charge is -1.65. The van der Waals surface area contributed by atoms with Gasteiger partial charge in [-0.15, -0.1) is 0 Å². The molecule has 0 spiro atoms. The molecule has 0 aromatic heterocycles. The van der Waals surface area contributed by atoms with Crippen LogP contribution in [-0.4, -0.2) is 10.9 Å². The number of nitrogens with two attached hydrogens (primary N) is 2. The van der Waals surface area contributed by atoms with Crippen LogP contribution in [0.15, 0.2) is 12.7 Å². The predicted molar refractivity (Wildman–Crippen MR) is 35.8 cm³/mol. The Morgan fingerprint density at radius 2 is 2.12 bits per heavy atom. The van der Waals surface area contributed by atoms with Crippen molar-refractivity contribution in [3.05, 3.63) is 12.7 Å². The zero-order valence-corrected chi connectivity index (χ0v) is 6.83. The van der Waals surface area contributed by atoms with Crippen LogP contribution in [0.3, 0.4) is 0 Å². The molecule has 0 aromatic carbocycles. The highest BCUT2D eigenvalue weighted by molar-refractivity contribution is 7.78. The fourth-order valence-corrected chi connectivity index (χ4v) is 0.465. The molecule has 0 heterocycles. The largest absolute Gasteiger partial charge is 1.00 e. The van der Waals surface area contributed by atoms with E-state index in [9.17, 15) is 0 Å². The molecule has 0 fully saturated rings. The van der Waals surface area contributed by atoms with Crippen molar-refractivity contribution < 1.29 is 17.0 Å². The Hall–Kier alpha value is 0.230. The maximum Gasteiger partial charge on any atom is 0.315 e. The molecule has 0 radical (unpaired) electrons. The minimum Gasteiger partial charge on any atom is -1.00 e. The molecule has 0 saturated carbocycles. The molecule has 0 aliphatic heterocycles. The Morgan fingerprint density at radius 1 is 1.62 bits per heavy atom. The molecular formula is C4H9BrN2S. The maximum absolute atomic E-state index is 5.09. The first-order valence-electron chi connectivity index (χ1n) is 1.89. The minimum atomic E-state index is 0. The van der Waals surface area contributed by atoms with Gasteiger partial charge in [-0.2, -0.15) is 0 Å². The Labute approximate surface area is 63.7 Å². The number of rotatable bonds is 2. The quantitative estimate of drug-likeness (QED) is 0.271. The molecule has 4 heteroatoms. The van der Waals surface area contributed by atoms with Gasteiger partial charge in [0.15, 0.2) is 5.75 Å². The lowest BCUT2D eigenvalue weighted by Crippen LogP contribution is -3.00. The first-order valence-corrected chi connectivity index (χ1v) is 2.87. The molecule has 0 amide bonds. The van der Waals surface area contributed by atoms with Crippen molar-refractivity contribution in [3.8, 4) is 0 Å². The third kappa shape index (κ3) is 9.52. The van der Waals surface area contributed by atoms with Gasteiger partial charge in [-0.3, -0.25) is 0 Å². The predicted octanol–water partition coefficient (Wildman–Crippen LogP) is -3.74. The molecule has 0 rings (SSSR count). The Balaban J connectivity index is 0. The van der Waals surface area contributed by atoms with Gasteiger partial charge in [0.2, 0.25) is 11.4 Å². The molecule has 0 unspecified atom stereocenters. The van der Waals surface area contributed by atoms with Crippen LogP contribution in [-0.2, 0) is 11.4 Å². The SMILES string of the molecule is C=CC[S+]=C(N)N.[Br-]. The lowest BCUT2D eigenvalue weighted by molar-refractivity contribution is -0.00000166. The van der Waals surface area contributed by atoms with E-state index in [2.05, 4.69) is 6.58 Å². The van der Waals surface area contributed by atoms with E-state index >= 15 is 0 Å². The Bertz CT molecular complexity index is 88.0. The molecule has 0 aromatic rings. The van der Waals surface area contributed by atoms with Gasteiger partial charge in [-0.25, -0.2) is 11.5 Å². The van der Waals surface area contributed by atoms with Gasteiger partial charge in [-0.05, 0) is 6.08 Å². The second kappa shape index (κ2) is 7.23. The number of hydrogen-bond acceptors (Lipinski definition) is 0. The van der Waals surface area contributed by atoms with E-state index in [1.807, 2.05) is 0 Å². The van der Waals surface area contributed by atoms with Crippen molar-refractivity contribution in [2.45, 2.75) is 0 Å². The van der Waals surface area contributed by atoms with Gasteiger partial charge in [0, 0.05) is 0 Å². The molecule has 2 nitrogen and oxygen atoms in total. The summed E-state index contributed by atoms with van der Waals surface area (Å²) in [6, 6.07) is 0. The van der Waals surface area contributed by atoms with Crippen LogP contribution in [0.2, 0.25) is 0 Å². The van der Waals surface area contributed by atoms with Gasteiger partial charge in [0.25, 0.3) is 0 Å². The molecule has 0 saturated heterocycles. The summed E-state index contributed by atoms with van der Waals surface area (Å²) < 4.78 is 0. The average molecular weight is 197 g/mol. The molecule has 0 aliphatic rings. The summed E-state index contributed by atoms with van der Waals surface area (Å²) in [6.07, 6.45) is 1.75. The first-order chi connectivity index (χ1) is 3.27. The summed E-state index contributed by atoms with van der Waals surface area (Å²) in [5.41, 5.74) is 10.2. The summed E-state index contributed by atoms with van der Waals surface area (Å²) in [4.78, 5) is 0. The van der Waals surface area contributed by atoms with E-state index in [0.717, 1.165) is 5.75 Å². The van der Waals surface area contributed by atoms with E-state index in [-0.39, 0.29) is 17.0 Å². The van der Waals surface area contributed by atoms with Crippen LogP contribution in [0.5, 0.6) is 0 Å². The van der Waals surface area contributed by atoms with E-state index in [1.54, 1.807) is 6.08 Å². The van der Waals surface area contributed by atoms with Crippen molar-refractivity contribution in [1.82, 2.24) is 0 Å². The summed E-state index contributed by atoms with van der Waals surface area (Å²) in [5, 5.41) is 0.403. The maximum atomic E-state index is 5.09. The third-order valence-electron chi connectivity index (χ3n) is 0.368. The van der Waals surface area contributed by atoms with Gasteiger partial charge < -0.3 is 17.0 Å². The van der Waals surface area contributed by atoms with Gasteiger partial charge in [0.1, 0.15) is 0 Å². The zero-order chi connectivity index (χ0) is 5.70. The van der Waals surface area contributed by atoms with E-state index in [1.165, 1.54) is 11.4 Å². The van der Waals surface area contributed by atoms with E-state index in [4.69, 9.17) is 11.5 Å². The zero-order valence-electron chi connectivity index (χ0n) is 4.43. The number of halogens is 1. The molecular weight excluding hydrogens is 188 g/mol. The van der Waals surface area contributed by atoms with Crippen molar-refractivity contribution in [2.24, 2.45) is 11.5 Å². The smallest absolute Gasteiger partial charge is 0.315 e. The highest BCUT2D eigenvalue weighted by Gasteiger charge is 1.90. The fraction of sp³-hybridized carbons (Fsp3) is 0.250. The van der Waals surface area contributed by atoms with E-state index in [0.29, 0.717) is 5.11 Å². The van der Waals surface area contributed by atoms with Crippen LogP contribution in [0.25, 0.3) is 0 Å². The minimum absolute atomic E-state index is 0. The van der Waals surface area contributed by atoms with Gasteiger partial charge in [0.05, 0.1) is 0 Å².